The predicted octanol–water partition coefficient (Wildman–Crippen LogP) is 4.59. The molecule has 2 aromatic carbocycles. The van der Waals surface area contributed by atoms with Crippen molar-refractivity contribution in [1.82, 2.24) is 0 Å². The summed E-state index contributed by atoms with van der Waals surface area (Å²) < 4.78 is 16.0. The molecule has 0 aliphatic heterocycles. The molecule has 0 saturated carbocycles. The molecule has 0 aliphatic rings. The molecule has 11 nitrogen and oxygen atoms in total. The number of halogens is 1. The van der Waals surface area contributed by atoms with Crippen molar-refractivity contribution in [3.63, 3.8) is 0 Å². The molecule has 3 rings (SSSR count). The zero-order valence-electron chi connectivity index (χ0n) is 15.9. The van der Waals surface area contributed by atoms with Gasteiger partial charge in [0.2, 0.25) is 0 Å². The van der Waals surface area contributed by atoms with Gasteiger partial charge in [0.25, 0.3) is 17.3 Å². The van der Waals surface area contributed by atoms with Gasteiger partial charge in [-0.1, -0.05) is 11.6 Å². The van der Waals surface area contributed by atoms with Crippen LogP contribution in [-0.2, 0) is 6.61 Å². The Morgan fingerprint density at radius 2 is 1.71 bits per heavy atom. The van der Waals surface area contributed by atoms with Crippen LogP contribution in [0.25, 0.3) is 0 Å². The topological polar surface area (TPSA) is 147 Å². The average Bonchev–Trinajstić information content (AvgIpc) is 3.22. The van der Waals surface area contributed by atoms with Crippen LogP contribution in [0.2, 0.25) is 5.02 Å². The van der Waals surface area contributed by atoms with E-state index in [-0.39, 0.29) is 46.0 Å². The molecule has 12 heteroatoms. The van der Waals surface area contributed by atoms with Gasteiger partial charge in [-0.3, -0.25) is 25.0 Å². The number of hydrogen-bond acceptors (Lipinski definition) is 8. The molecule has 1 N–H and O–H groups in total. The zero-order chi connectivity index (χ0) is 22.5. The summed E-state index contributed by atoms with van der Waals surface area (Å²) in [6.07, 6.45) is 0. The van der Waals surface area contributed by atoms with Crippen LogP contribution < -0.4 is 14.8 Å². The first kappa shape index (κ1) is 21.6. The molecule has 0 radical (unpaired) electrons. The van der Waals surface area contributed by atoms with Crippen molar-refractivity contribution in [2.75, 3.05) is 12.4 Å². The van der Waals surface area contributed by atoms with Crippen LogP contribution in [0.4, 0.5) is 17.1 Å². The fourth-order valence-electron chi connectivity index (χ4n) is 2.53. The highest BCUT2D eigenvalue weighted by molar-refractivity contribution is 6.32. The second-order valence-electron chi connectivity index (χ2n) is 6.02. The van der Waals surface area contributed by atoms with Crippen LogP contribution in [0.5, 0.6) is 11.5 Å². The molecule has 0 unspecified atom stereocenters. The van der Waals surface area contributed by atoms with E-state index in [1.54, 1.807) is 0 Å². The first-order valence-corrected chi connectivity index (χ1v) is 8.95. The number of nitro benzene ring substituents is 2. The monoisotopic (exact) mass is 447 g/mol. The minimum absolute atomic E-state index is 0.0335. The molecule has 1 aromatic heterocycles. The van der Waals surface area contributed by atoms with Crippen LogP contribution in [0.15, 0.2) is 52.9 Å². The molecular weight excluding hydrogens is 434 g/mol. The van der Waals surface area contributed by atoms with E-state index in [4.69, 9.17) is 25.5 Å². The Kier molecular flexibility index (Phi) is 6.36. The minimum atomic E-state index is -0.605. The smallest absolute Gasteiger partial charge is 0.291 e. The molecular formula is C19H14ClN3O8. The average molecular weight is 448 g/mol. The van der Waals surface area contributed by atoms with Crippen LogP contribution >= 0.6 is 11.6 Å². The van der Waals surface area contributed by atoms with Gasteiger partial charge in [-0.15, -0.1) is 0 Å². The lowest BCUT2D eigenvalue weighted by atomic mass is 10.2. The van der Waals surface area contributed by atoms with E-state index in [1.165, 1.54) is 49.6 Å². The van der Waals surface area contributed by atoms with Crippen molar-refractivity contribution in [3.8, 4) is 11.5 Å². The van der Waals surface area contributed by atoms with Crippen LogP contribution in [0.3, 0.4) is 0 Å². The quantitative estimate of drug-likeness (QED) is 0.389. The molecule has 31 heavy (non-hydrogen) atoms. The van der Waals surface area contributed by atoms with Crippen molar-refractivity contribution in [2.45, 2.75) is 6.61 Å². The summed E-state index contributed by atoms with van der Waals surface area (Å²) in [4.78, 5) is 32.9. The Morgan fingerprint density at radius 3 is 2.35 bits per heavy atom. The highest BCUT2D eigenvalue weighted by atomic mass is 35.5. The Morgan fingerprint density at radius 1 is 1.03 bits per heavy atom. The Labute approximate surface area is 179 Å². The number of methoxy groups -OCH3 is 1. The Hall–Kier alpha value is -4.12. The number of benzene rings is 2. The first-order valence-electron chi connectivity index (χ1n) is 8.57. The summed E-state index contributed by atoms with van der Waals surface area (Å²) in [5.74, 6) is -0.00781. The number of hydrogen-bond donors (Lipinski definition) is 1. The summed E-state index contributed by atoms with van der Waals surface area (Å²) in [5, 5.41) is 24.2. The summed E-state index contributed by atoms with van der Waals surface area (Å²) >= 11 is 5.97. The second kappa shape index (κ2) is 9.13. The van der Waals surface area contributed by atoms with E-state index < -0.39 is 15.8 Å². The van der Waals surface area contributed by atoms with Gasteiger partial charge in [0, 0.05) is 18.2 Å². The maximum Gasteiger partial charge on any atom is 0.291 e. The van der Waals surface area contributed by atoms with Crippen molar-refractivity contribution < 1.29 is 28.5 Å². The highest BCUT2D eigenvalue weighted by Gasteiger charge is 2.17. The van der Waals surface area contributed by atoms with Gasteiger partial charge in [-0.2, -0.15) is 0 Å². The zero-order valence-corrected chi connectivity index (χ0v) is 16.6. The van der Waals surface area contributed by atoms with Crippen LogP contribution in [-0.4, -0.2) is 22.9 Å². The van der Waals surface area contributed by atoms with Crippen molar-refractivity contribution in [2.24, 2.45) is 0 Å². The number of anilines is 1. The van der Waals surface area contributed by atoms with Gasteiger partial charge in [-0.25, -0.2) is 0 Å². The summed E-state index contributed by atoms with van der Waals surface area (Å²) in [7, 11) is 1.32. The Bertz CT molecular complexity index is 1160. The fraction of sp³-hybridized carbons (Fsp3) is 0.105. The fourth-order valence-corrected chi connectivity index (χ4v) is 2.76. The normalized spacial score (nSPS) is 10.4. The SMILES string of the molecule is COc1cc([N+](=O)[O-])ccc1NC(=O)c1ccc(COc2ccc([N+](=O)[O-])cc2Cl)o1. The largest absolute Gasteiger partial charge is 0.494 e. The molecule has 3 aromatic rings. The lowest BCUT2D eigenvalue weighted by molar-refractivity contribution is -0.385. The predicted molar refractivity (Wildman–Crippen MR) is 109 cm³/mol. The molecule has 0 fully saturated rings. The van der Waals surface area contributed by atoms with Crippen molar-refractivity contribution >= 4 is 34.6 Å². The van der Waals surface area contributed by atoms with E-state index in [0.717, 1.165) is 6.07 Å². The standard InChI is InChI=1S/C19H14ClN3O8/c1-29-18-9-12(23(27)28)2-5-15(18)21-19(24)17-7-4-13(31-17)10-30-16-6-3-11(22(25)26)8-14(16)20/h2-9H,10H2,1H3,(H,21,24). The molecule has 1 heterocycles. The minimum Gasteiger partial charge on any atom is -0.494 e. The number of nitrogens with zero attached hydrogens (tertiary/aromatic N) is 2. The van der Waals surface area contributed by atoms with E-state index in [2.05, 4.69) is 5.32 Å². The van der Waals surface area contributed by atoms with Gasteiger partial charge < -0.3 is 19.2 Å². The van der Waals surface area contributed by atoms with Gasteiger partial charge >= 0.3 is 0 Å². The van der Waals surface area contributed by atoms with E-state index in [0.29, 0.717) is 5.76 Å². The van der Waals surface area contributed by atoms with Crippen LogP contribution in [0.1, 0.15) is 16.3 Å². The number of amides is 1. The molecule has 0 saturated heterocycles. The lowest BCUT2D eigenvalue weighted by Crippen LogP contribution is -2.12. The lowest BCUT2D eigenvalue weighted by Gasteiger charge is -2.09. The maximum atomic E-state index is 12.4. The number of ether oxygens (including phenoxy) is 2. The third kappa shape index (κ3) is 5.08. The number of nitrogens with one attached hydrogen (secondary N) is 1. The third-order valence-electron chi connectivity index (χ3n) is 4.03. The van der Waals surface area contributed by atoms with Gasteiger partial charge in [-0.05, 0) is 24.3 Å². The van der Waals surface area contributed by atoms with E-state index in [9.17, 15) is 25.0 Å². The molecule has 1 amide bonds. The molecule has 160 valence electrons. The van der Waals surface area contributed by atoms with E-state index >= 15 is 0 Å². The molecule has 0 bridgehead atoms. The summed E-state index contributed by atoms with van der Waals surface area (Å²) in [6, 6.07) is 10.5. The molecule has 0 aliphatic carbocycles. The second-order valence-corrected chi connectivity index (χ2v) is 6.43. The third-order valence-corrected chi connectivity index (χ3v) is 4.32. The maximum absolute atomic E-state index is 12.4. The number of carbonyl (C=O) groups excluding carboxylic acids is 1. The summed E-state index contributed by atoms with van der Waals surface area (Å²) in [6.45, 7) is -0.0777. The van der Waals surface area contributed by atoms with Crippen LogP contribution in [0, 0.1) is 20.2 Å². The number of carbonyl (C=O) groups is 1. The van der Waals surface area contributed by atoms with Crippen molar-refractivity contribution in [3.05, 3.63) is 85.3 Å². The van der Waals surface area contributed by atoms with Gasteiger partial charge in [0.05, 0.1) is 33.7 Å². The Balaban J connectivity index is 1.66. The highest BCUT2D eigenvalue weighted by Crippen LogP contribution is 2.31. The molecule has 0 atom stereocenters. The number of non-ortho nitro benzene ring substituents is 2. The first-order chi connectivity index (χ1) is 14.8. The number of nitro groups is 2. The number of rotatable bonds is 8. The number of furan rings is 1. The molecule has 0 spiro atoms. The summed E-state index contributed by atoms with van der Waals surface area (Å²) in [5.41, 5.74) is -0.127. The van der Waals surface area contributed by atoms with E-state index in [1.807, 2.05) is 0 Å². The van der Waals surface area contributed by atoms with Crippen molar-refractivity contribution in [1.29, 1.82) is 0 Å². The van der Waals surface area contributed by atoms with Gasteiger partial charge in [0.15, 0.2) is 5.76 Å². The van der Waals surface area contributed by atoms with Gasteiger partial charge in [0.1, 0.15) is 23.9 Å².